The van der Waals surface area contributed by atoms with Gasteiger partial charge in [-0.3, -0.25) is 14.9 Å². The van der Waals surface area contributed by atoms with E-state index in [1.165, 1.54) is 17.3 Å². The van der Waals surface area contributed by atoms with Gasteiger partial charge >= 0.3 is 0 Å². The number of thioether (sulfide) groups is 2. The molecule has 1 aliphatic rings. The quantitative estimate of drug-likeness (QED) is 0.589. The first kappa shape index (κ1) is 17.8. The lowest BCUT2D eigenvalue weighted by Crippen LogP contribution is -2.25. The number of aromatic nitrogens is 1. The Morgan fingerprint density at radius 3 is 2.52 bits per heavy atom. The Morgan fingerprint density at radius 2 is 1.92 bits per heavy atom. The van der Waals surface area contributed by atoms with Crippen molar-refractivity contribution >= 4 is 34.7 Å². The average molecular weight is 374 g/mol. The molecule has 2 amide bonds. The standard InChI is InChI=1S/C18H18N2O3S2/c1-2-12-5-8-16(19-10-12)24-11-23-14-6-3-13(4-7-14)9-15-17(21)20-18(22)25-15/h3-8,10,15H,2,9,11H2,1H3,(H,20,21,22). The molecule has 3 rings (SSSR count). The smallest absolute Gasteiger partial charge is 0.286 e. The predicted molar refractivity (Wildman–Crippen MR) is 100 cm³/mol. The fourth-order valence-electron chi connectivity index (χ4n) is 2.33. The number of rotatable bonds is 7. The summed E-state index contributed by atoms with van der Waals surface area (Å²) in [5.74, 6) is 1.03. The molecule has 2 heterocycles. The normalized spacial score (nSPS) is 16.8. The van der Waals surface area contributed by atoms with Gasteiger partial charge in [-0.2, -0.15) is 0 Å². The molecule has 1 N–H and O–H groups in total. The number of pyridine rings is 1. The number of hydrogen-bond donors (Lipinski definition) is 1. The summed E-state index contributed by atoms with van der Waals surface area (Å²) < 4.78 is 5.71. The zero-order valence-corrected chi connectivity index (χ0v) is 15.4. The summed E-state index contributed by atoms with van der Waals surface area (Å²) in [4.78, 5) is 27.1. The fraction of sp³-hybridized carbons (Fsp3) is 0.278. The van der Waals surface area contributed by atoms with Crippen LogP contribution >= 0.6 is 23.5 Å². The van der Waals surface area contributed by atoms with Gasteiger partial charge in [-0.1, -0.05) is 48.6 Å². The van der Waals surface area contributed by atoms with E-state index < -0.39 is 0 Å². The molecule has 0 bridgehead atoms. The van der Waals surface area contributed by atoms with E-state index in [4.69, 9.17) is 4.74 Å². The van der Waals surface area contributed by atoms with E-state index in [0.717, 1.165) is 34.5 Å². The highest BCUT2D eigenvalue weighted by Crippen LogP contribution is 2.24. The van der Waals surface area contributed by atoms with Crippen LogP contribution in [0.25, 0.3) is 0 Å². The van der Waals surface area contributed by atoms with Crippen molar-refractivity contribution in [3.8, 4) is 5.75 Å². The second-order valence-corrected chi connectivity index (χ2v) is 7.61. The molecule has 7 heteroatoms. The molecule has 25 heavy (non-hydrogen) atoms. The Balaban J connectivity index is 1.47. The van der Waals surface area contributed by atoms with Crippen molar-refractivity contribution in [1.82, 2.24) is 10.3 Å². The first-order valence-electron chi connectivity index (χ1n) is 7.95. The number of benzene rings is 1. The summed E-state index contributed by atoms with van der Waals surface area (Å²) in [6, 6.07) is 11.7. The van der Waals surface area contributed by atoms with E-state index in [9.17, 15) is 9.59 Å². The number of nitrogens with zero attached hydrogens (tertiary/aromatic N) is 1. The first-order chi connectivity index (χ1) is 12.1. The lowest BCUT2D eigenvalue weighted by atomic mass is 10.1. The molecular weight excluding hydrogens is 356 g/mol. The van der Waals surface area contributed by atoms with Crippen molar-refractivity contribution in [3.63, 3.8) is 0 Å². The summed E-state index contributed by atoms with van der Waals surface area (Å²) >= 11 is 2.58. The molecule has 0 saturated carbocycles. The molecule has 1 atom stereocenters. The number of carbonyl (C=O) groups is 2. The van der Waals surface area contributed by atoms with Gasteiger partial charge in [0.25, 0.3) is 5.24 Å². The van der Waals surface area contributed by atoms with Crippen LogP contribution in [0.5, 0.6) is 5.75 Å². The lowest BCUT2D eigenvalue weighted by molar-refractivity contribution is -0.118. The molecule has 1 saturated heterocycles. The van der Waals surface area contributed by atoms with Gasteiger partial charge in [0.2, 0.25) is 5.91 Å². The topological polar surface area (TPSA) is 68.3 Å². The van der Waals surface area contributed by atoms with Crippen LogP contribution in [-0.2, 0) is 17.6 Å². The second-order valence-electron chi connectivity index (χ2n) is 5.50. The van der Waals surface area contributed by atoms with E-state index in [0.29, 0.717) is 12.4 Å². The van der Waals surface area contributed by atoms with Crippen molar-refractivity contribution in [2.75, 3.05) is 5.94 Å². The third-order valence-corrected chi connectivity index (χ3v) is 5.50. The largest absolute Gasteiger partial charge is 0.483 e. The minimum absolute atomic E-state index is 0.215. The molecule has 130 valence electrons. The van der Waals surface area contributed by atoms with Crippen LogP contribution in [0.2, 0.25) is 0 Å². The molecule has 1 fully saturated rings. The third kappa shape index (κ3) is 4.99. The maximum Gasteiger partial charge on any atom is 0.286 e. The van der Waals surface area contributed by atoms with Crippen LogP contribution in [0.4, 0.5) is 4.79 Å². The molecule has 0 aliphatic carbocycles. The van der Waals surface area contributed by atoms with Crippen LogP contribution in [0.3, 0.4) is 0 Å². The highest BCUT2D eigenvalue weighted by Gasteiger charge is 2.31. The van der Waals surface area contributed by atoms with Crippen molar-refractivity contribution in [3.05, 3.63) is 53.7 Å². The van der Waals surface area contributed by atoms with Crippen molar-refractivity contribution < 1.29 is 14.3 Å². The Bertz CT molecular complexity index is 748. The monoisotopic (exact) mass is 374 g/mol. The number of carbonyl (C=O) groups excluding carboxylic acids is 2. The molecule has 2 aromatic rings. The highest BCUT2D eigenvalue weighted by atomic mass is 32.2. The zero-order valence-electron chi connectivity index (χ0n) is 13.7. The summed E-state index contributed by atoms with van der Waals surface area (Å²) in [7, 11) is 0. The summed E-state index contributed by atoms with van der Waals surface area (Å²) in [5.41, 5.74) is 2.22. The molecule has 1 aromatic carbocycles. The number of amides is 2. The Morgan fingerprint density at radius 1 is 1.16 bits per heavy atom. The second kappa shape index (κ2) is 8.40. The number of imide groups is 1. The van der Waals surface area contributed by atoms with E-state index in [1.54, 1.807) is 0 Å². The molecule has 1 aromatic heterocycles. The lowest BCUT2D eigenvalue weighted by Gasteiger charge is -2.08. The molecule has 1 unspecified atom stereocenters. The van der Waals surface area contributed by atoms with Crippen molar-refractivity contribution in [2.24, 2.45) is 0 Å². The maximum absolute atomic E-state index is 11.6. The molecule has 5 nitrogen and oxygen atoms in total. The van der Waals surface area contributed by atoms with Crippen LogP contribution in [0.15, 0.2) is 47.6 Å². The fourth-order valence-corrected chi connectivity index (χ4v) is 3.79. The van der Waals surface area contributed by atoms with Gasteiger partial charge in [0, 0.05) is 6.20 Å². The predicted octanol–water partition coefficient (Wildman–Crippen LogP) is 3.67. The van der Waals surface area contributed by atoms with Gasteiger partial charge in [-0.25, -0.2) is 4.98 Å². The van der Waals surface area contributed by atoms with Crippen molar-refractivity contribution in [1.29, 1.82) is 0 Å². The van der Waals surface area contributed by atoms with Crippen LogP contribution < -0.4 is 10.1 Å². The van der Waals surface area contributed by atoms with Gasteiger partial charge in [0.1, 0.15) is 11.7 Å². The van der Waals surface area contributed by atoms with Crippen LogP contribution in [0.1, 0.15) is 18.1 Å². The third-order valence-electron chi connectivity index (χ3n) is 3.75. The Kier molecular flexibility index (Phi) is 5.99. The van der Waals surface area contributed by atoms with E-state index in [1.807, 2.05) is 36.5 Å². The number of nitrogens with one attached hydrogen (secondary N) is 1. The molecule has 0 spiro atoms. The average Bonchev–Trinajstić information content (AvgIpc) is 2.94. The summed E-state index contributed by atoms with van der Waals surface area (Å²) in [6.45, 7) is 2.10. The first-order valence-corrected chi connectivity index (χ1v) is 9.81. The Hall–Kier alpha value is -1.99. The van der Waals surface area contributed by atoms with E-state index in [2.05, 4.69) is 23.3 Å². The molecule has 1 aliphatic heterocycles. The maximum atomic E-state index is 11.6. The minimum Gasteiger partial charge on any atom is -0.483 e. The number of hydrogen-bond acceptors (Lipinski definition) is 6. The number of aryl methyl sites for hydroxylation is 1. The Labute approximate surface area is 154 Å². The summed E-state index contributed by atoms with van der Waals surface area (Å²) in [5, 5.41) is 2.62. The highest BCUT2D eigenvalue weighted by molar-refractivity contribution is 8.15. The van der Waals surface area contributed by atoms with Gasteiger partial charge in [0.15, 0.2) is 0 Å². The van der Waals surface area contributed by atoms with Crippen LogP contribution in [-0.4, -0.2) is 27.3 Å². The van der Waals surface area contributed by atoms with Gasteiger partial charge < -0.3 is 4.74 Å². The van der Waals surface area contributed by atoms with Gasteiger partial charge in [0.05, 0.1) is 10.3 Å². The summed E-state index contributed by atoms with van der Waals surface area (Å²) in [6.07, 6.45) is 3.40. The van der Waals surface area contributed by atoms with Gasteiger partial charge in [-0.05, 0) is 42.2 Å². The van der Waals surface area contributed by atoms with E-state index >= 15 is 0 Å². The molecule has 0 radical (unpaired) electrons. The zero-order chi connectivity index (χ0) is 17.6. The van der Waals surface area contributed by atoms with Crippen molar-refractivity contribution in [2.45, 2.75) is 30.0 Å². The molecular formula is C18H18N2O3S2. The minimum atomic E-state index is -0.341. The SMILES string of the molecule is CCc1ccc(SCOc2ccc(CC3SC(=O)NC3=O)cc2)nc1. The number of ether oxygens (including phenoxy) is 1. The van der Waals surface area contributed by atoms with Gasteiger partial charge in [-0.15, -0.1) is 0 Å². The van der Waals surface area contributed by atoms with Crippen LogP contribution in [0, 0.1) is 0 Å². The van der Waals surface area contributed by atoms with E-state index in [-0.39, 0.29) is 16.4 Å².